The van der Waals surface area contributed by atoms with Crippen LogP contribution in [0.25, 0.3) is 0 Å². The second-order valence-electron chi connectivity index (χ2n) is 5.83. The zero-order chi connectivity index (χ0) is 28.4. The Labute approximate surface area is 169 Å². The fraction of sp³-hybridized carbons (Fsp3) is 0.909. The molecule has 0 heterocycles. The van der Waals surface area contributed by atoms with Gasteiger partial charge in [-0.2, -0.15) is 92.2 Å². The Morgan fingerprint density at radius 1 is 0.353 bits per heavy atom. The maximum absolute atomic E-state index is 13.4. The lowest BCUT2D eigenvalue weighted by Crippen LogP contribution is -2.77. The molecule has 0 saturated heterocycles. The van der Waals surface area contributed by atoms with Crippen LogP contribution in [0.2, 0.25) is 0 Å². The van der Waals surface area contributed by atoms with E-state index in [1.807, 2.05) is 4.74 Å². The molecule has 2 nitrogen and oxygen atoms in total. The standard InChI is InChI=1S/C11HF21O2/c12-2(13,4(16,17)6(20,21)8(24,25)10(27,28)29)3(14,15)5(18,19)7(22,23)9(26,34-1-33)11(30,31)32/h1H. The van der Waals surface area contributed by atoms with E-state index in [4.69, 9.17) is 0 Å². The summed E-state index contributed by atoms with van der Waals surface area (Å²) in [6.07, 6.45) is -15.8. The molecule has 0 fully saturated rings. The molecule has 0 aliphatic carbocycles. The van der Waals surface area contributed by atoms with Gasteiger partial charge in [0.1, 0.15) is 0 Å². The highest BCUT2D eigenvalue weighted by Crippen LogP contribution is 2.66. The molecule has 23 heteroatoms. The van der Waals surface area contributed by atoms with Gasteiger partial charge in [0.2, 0.25) is 0 Å². The van der Waals surface area contributed by atoms with E-state index in [9.17, 15) is 97.0 Å². The number of ether oxygens (including phenoxy) is 1. The fourth-order valence-electron chi connectivity index (χ4n) is 1.75. The van der Waals surface area contributed by atoms with Crippen molar-refractivity contribution >= 4 is 6.47 Å². The minimum atomic E-state index is -9.22. The van der Waals surface area contributed by atoms with Crippen molar-refractivity contribution in [3.8, 4) is 0 Å². The smallest absolute Gasteiger partial charge is 0.417 e. The summed E-state index contributed by atoms with van der Waals surface area (Å²) in [5.41, 5.74) is 0. The number of halogens is 21. The van der Waals surface area contributed by atoms with Crippen molar-refractivity contribution in [1.29, 1.82) is 0 Å². The van der Waals surface area contributed by atoms with Crippen LogP contribution in [0.4, 0.5) is 92.2 Å². The maximum Gasteiger partial charge on any atom is 0.467 e. The lowest BCUT2D eigenvalue weighted by atomic mass is 9.87. The highest BCUT2D eigenvalue weighted by molar-refractivity contribution is 5.39. The summed E-state index contributed by atoms with van der Waals surface area (Å²) < 4.78 is 272. The largest absolute Gasteiger partial charge is 0.467 e. The summed E-state index contributed by atoms with van der Waals surface area (Å²) in [4.78, 5) is 9.70. The van der Waals surface area contributed by atoms with Gasteiger partial charge in [-0.05, 0) is 0 Å². The van der Waals surface area contributed by atoms with Gasteiger partial charge in [0.25, 0.3) is 6.47 Å². The minimum absolute atomic E-state index is 1.82. The Morgan fingerprint density at radius 3 is 0.794 bits per heavy atom. The molecule has 0 bridgehead atoms. The third-order valence-corrected chi connectivity index (χ3v) is 3.70. The van der Waals surface area contributed by atoms with Gasteiger partial charge in [-0.1, -0.05) is 0 Å². The molecule has 0 saturated carbocycles. The molecule has 0 aromatic carbocycles. The second kappa shape index (κ2) is 7.75. The Morgan fingerprint density at radius 2 is 0.588 bits per heavy atom. The van der Waals surface area contributed by atoms with E-state index in [2.05, 4.69) is 0 Å². The highest BCUT2D eigenvalue weighted by Gasteiger charge is 2.98. The summed E-state index contributed by atoms with van der Waals surface area (Å²) in [5, 5.41) is 0. The third-order valence-electron chi connectivity index (χ3n) is 3.70. The molecule has 0 N–H and O–H groups in total. The van der Waals surface area contributed by atoms with Crippen LogP contribution in [-0.4, -0.2) is 66.1 Å². The van der Waals surface area contributed by atoms with Gasteiger partial charge in [-0.3, -0.25) is 4.79 Å². The summed E-state index contributed by atoms with van der Waals surface area (Å²) in [7, 11) is 0. The molecule has 0 aliphatic heterocycles. The van der Waals surface area contributed by atoms with E-state index in [0.717, 1.165) is 0 Å². The quantitative estimate of drug-likeness (QED) is 0.240. The van der Waals surface area contributed by atoms with E-state index in [0.29, 0.717) is 0 Å². The van der Waals surface area contributed by atoms with E-state index >= 15 is 0 Å². The van der Waals surface area contributed by atoms with Crippen molar-refractivity contribution in [3.63, 3.8) is 0 Å². The van der Waals surface area contributed by atoms with E-state index in [1.165, 1.54) is 0 Å². The van der Waals surface area contributed by atoms with Crippen molar-refractivity contribution in [2.24, 2.45) is 0 Å². The van der Waals surface area contributed by atoms with Crippen molar-refractivity contribution in [2.75, 3.05) is 0 Å². The zero-order valence-corrected chi connectivity index (χ0v) is 14.3. The number of hydrogen-bond donors (Lipinski definition) is 0. The Bertz CT molecular complexity index is 760. The Kier molecular flexibility index (Phi) is 7.29. The minimum Gasteiger partial charge on any atom is -0.417 e. The first-order valence-electron chi connectivity index (χ1n) is 6.89. The van der Waals surface area contributed by atoms with E-state index in [-0.39, 0.29) is 0 Å². The van der Waals surface area contributed by atoms with Crippen molar-refractivity contribution in [2.45, 2.75) is 59.7 Å². The van der Waals surface area contributed by atoms with Gasteiger partial charge in [0.15, 0.2) is 0 Å². The lowest BCUT2D eigenvalue weighted by molar-refractivity contribution is -0.484. The normalized spacial score (nSPS) is 17.9. The summed E-state index contributed by atoms with van der Waals surface area (Å²) >= 11 is 0. The van der Waals surface area contributed by atoms with E-state index in [1.54, 1.807) is 0 Å². The predicted octanol–water partition coefficient (Wildman–Crippen LogP) is 6.40. The fourth-order valence-corrected chi connectivity index (χ4v) is 1.75. The van der Waals surface area contributed by atoms with Gasteiger partial charge in [0.05, 0.1) is 0 Å². The number of carbonyl (C=O) groups excluding carboxylic acids is 1. The van der Waals surface area contributed by atoms with Gasteiger partial charge in [-0.25, -0.2) is 0 Å². The first-order chi connectivity index (χ1) is 14.3. The predicted molar refractivity (Wildman–Crippen MR) is 57.7 cm³/mol. The molecule has 0 aliphatic rings. The average Bonchev–Trinajstić information content (AvgIpc) is 2.58. The number of carbonyl (C=O) groups is 1. The van der Waals surface area contributed by atoms with Gasteiger partial charge in [0, 0.05) is 0 Å². The zero-order valence-electron chi connectivity index (χ0n) is 14.3. The molecule has 0 rings (SSSR count). The monoisotopic (exact) mass is 564 g/mol. The van der Waals surface area contributed by atoms with Crippen LogP contribution in [0, 0.1) is 0 Å². The molecule has 1 atom stereocenters. The average molecular weight is 564 g/mol. The van der Waals surface area contributed by atoms with Crippen LogP contribution in [0.5, 0.6) is 0 Å². The molecular formula is C11HF21O2. The molecule has 0 aromatic heterocycles. The summed E-state index contributed by atoms with van der Waals surface area (Å²) in [5.74, 6) is -70.4. The second-order valence-corrected chi connectivity index (χ2v) is 5.83. The first kappa shape index (κ1) is 32.0. The molecule has 0 amide bonds. The number of hydrogen-bond acceptors (Lipinski definition) is 2. The molecule has 0 radical (unpaired) electrons. The van der Waals surface area contributed by atoms with Crippen molar-refractivity contribution in [3.05, 3.63) is 0 Å². The molecule has 1 unspecified atom stereocenters. The van der Waals surface area contributed by atoms with Crippen LogP contribution < -0.4 is 0 Å². The van der Waals surface area contributed by atoms with Crippen LogP contribution in [0.3, 0.4) is 0 Å². The summed E-state index contributed by atoms with van der Waals surface area (Å²) in [6, 6.07) is 0. The van der Waals surface area contributed by atoms with Gasteiger partial charge in [-0.15, -0.1) is 0 Å². The van der Waals surface area contributed by atoms with Crippen LogP contribution in [0.1, 0.15) is 0 Å². The van der Waals surface area contributed by atoms with Crippen LogP contribution >= 0.6 is 0 Å². The molecule has 34 heavy (non-hydrogen) atoms. The number of alkyl halides is 21. The van der Waals surface area contributed by atoms with Gasteiger partial charge < -0.3 is 4.74 Å². The van der Waals surface area contributed by atoms with E-state index < -0.39 is 66.1 Å². The molecular weight excluding hydrogens is 563 g/mol. The van der Waals surface area contributed by atoms with Crippen LogP contribution in [-0.2, 0) is 9.53 Å². The third kappa shape index (κ3) is 3.66. The molecule has 204 valence electrons. The van der Waals surface area contributed by atoms with Gasteiger partial charge >= 0.3 is 59.7 Å². The Balaban J connectivity index is 7.16. The van der Waals surface area contributed by atoms with Crippen molar-refractivity contribution in [1.82, 2.24) is 0 Å². The topological polar surface area (TPSA) is 26.3 Å². The summed E-state index contributed by atoms with van der Waals surface area (Å²) in [6.45, 7) is -2.18. The first-order valence-corrected chi connectivity index (χ1v) is 6.89. The SMILES string of the molecule is O=COC(F)(C(F)(F)F)C(F)(F)C(F)(F)C(F)(F)C(F)(F)C(F)(F)C(F)(F)C(F)(F)C(F)(F)F. The maximum atomic E-state index is 13.4. The van der Waals surface area contributed by atoms with Crippen molar-refractivity contribution < 1.29 is 102 Å². The molecule has 0 aromatic rings. The Hall–Kier alpha value is -2.00. The molecule has 0 spiro atoms. The lowest BCUT2D eigenvalue weighted by Gasteiger charge is -2.44. The number of rotatable bonds is 9. The van der Waals surface area contributed by atoms with Crippen LogP contribution in [0.15, 0.2) is 0 Å². The highest BCUT2D eigenvalue weighted by atomic mass is 19.4.